The van der Waals surface area contributed by atoms with E-state index in [9.17, 15) is 4.79 Å². The number of anilines is 1. The van der Waals surface area contributed by atoms with Crippen molar-refractivity contribution in [1.29, 1.82) is 1.43 Å². The smallest absolute Gasteiger partial charge is 0.305 e. The standard InChI is InChI=1S/C15H21NO4/c1-19-13-7-12(8-14(10-13)20-2)16-6-4-3-5-11(16)9-15(17)18/h7-8,10-11H,3-6,9H2,1-2H3,(H,17,18)/i/hD. The molecule has 1 atom stereocenters. The molecule has 2 rings (SSSR count). The number of carboxylic acids is 1. The third-order valence-electron chi connectivity index (χ3n) is 3.70. The number of aliphatic carboxylic acids is 1. The van der Waals surface area contributed by atoms with E-state index < -0.39 is 5.97 Å². The molecule has 1 aromatic carbocycles. The van der Waals surface area contributed by atoms with Crippen molar-refractivity contribution in [2.45, 2.75) is 31.7 Å². The van der Waals surface area contributed by atoms with Crippen molar-refractivity contribution in [3.63, 3.8) is 0 Å². The number of hydrogen-bond donors (Lipinski definition) is 1. The summed E-state index contributed by atoms with van der Waals surface area (Å²) in [6.07, 6.45) is 3.29. The molecule has 0 aliphatic carbocycles. The van der Waals surface area contributed by atoms with E-state index in [0.717, 1.165) is 43.0 Å². The lowest BCUT2D eigenvalue weighted by Crippen LogP contribution is -2.40. The zero-order valence-electron chi connectivity index (χ0n) is 12.9. The number of nitrogens with zero attached hydrogens (tertiary/aromatic N) is 1. The van der Waals surface area contributed by atoms with Crippen molar-refractivity contribution in [2.75, 3.05) is 25.7 Å². The zero-order valence-corrected chi connectivity index (χ0v) is 11.9. The lowest BCUT2D eigenvalue weighted by atomic mass is 9.98. The summed E-state index contributed by atoms with van der Waals surface area (Å²) in [5.74, 6) is 0.940. The molecule has 1 saturated heterocycles. The Hall–Kier alpha value is -1.91. The summed E-state index contributed by atoms with van der Waals surface area (Å²) in [7, 11) is 3.23. The van der Waals surface area contributed by atoms with Gasteiger partial charge in [0.1, 0.15) is 11.5 Å². The summed E-state index contributed by atoms with van der Waals surface area (Å²) in [4.78, 5) is 13.6. The SMILES string of the molecule is [2H]OC(=O)CC1CCCCN1c1cc(OC)cc(OC)c1. The van der Waals surface area contributed by atoms with Crippen molar-refractivity contribution in [2.24, 2.45) is 0 Å². The molecular formula is C15H21NO4. The van der Waals surface area contributed by atoms with E-state index in [1.165, 1.54) is 0 Å². The Morgan fingerprint density at radius 1 is 1.35 bits per heavy atom. The summed E-state index contributed by atoms with van der Waals surface area (Å²) in [5, 5.41) is 4.06. The van der Waals surface area contributed by atoms with E-state index >= 15 is 0 Å². The number of benzene rings is 1. The molecule has 0 radical (unpaired) electrons. The maximum Gasteiger partial charge on any atom is 0.305 e. The van der Waals surface area contributed by atoms with E-state index in [1.807, 2.05) is 18.2 Å². The van der Waals surface area contributed by atoms with Crippen molar-refractivity contribution >= 4 is 11.7 Å². The molecule has 1 aliphatic heterocycles. The van der Waals surface area contributed by atoms with Crippen molar-refractivity contribution in [1.82, 2.24) is 0 Å². The fourth-order valence-corrected chi connectivity index (χ4v) is 2.70. The van der Waals surface area contributed by atoms with E-state index in [2.05, 4.69) is 10.0 Å². The van der Waals surface area contributed by atoms with E-state index in [0.29, 0.717) is 0 Å². The summed E-state index contributed by atoms with van der Waals surface area (Å²) in [5.41, 5.74) is 0.966. The molecule has 20 heavy (non-hydrogen) atoms. The first kappa shape index (κ1) is 13.1. The van der Waals surface area contributed by atoms with Gasteiger partial charge in [-0.2, -0.15) is 0 Å². The predicted octanol–water partition coefficient (Wildman–Crippen LogP) is 2.54. The molecule has 1 heterocycles. The molecule has 1 N–H and O–H groups in total. The second-order valence-corrected chi connectivity index (χ2v) is 4.99. The minimum absolute atomic E-state index is 0.0495. The van der Waals surface area contributed by atoms with Crippen LogP contribution in [0.1, 0.15) is 25.7 Å². The van der Waals surface area contributed by atoms with Crippen LogP contribution >= 0.6 is 0 Å². The van der Waals surface area contributed by atoms with Crippen LogP contribution in [-0.2, 0) is 4.79 Å². The van der Waals surface area contributed by atoms with Crippen LogP contribution in [0.5, 0.6) is 11.5 Å². The van der Waals surface area contributed by atoms with Crippen LogP contribution < -0.4 is 14.4 Å². The van der Waals surface area contributed by atoms with Gasteiger partial charge in [0, 0.05) is 36.5 Å². The molecule has 1 aromatic rings. The average molecular weight is 280 g/mol. The van der Waals surface area contributed by atoms with Crippen molar-refractivity contribution in [3.05, 3.63) is 18.2 Å². The fraction of sp³-hybridized carbons (Fsp3) is 0.533. The summed E-state index contributed by atoms with van der Waals surface area (Å²) < 4.78 is 17.3. The van der Waals surface area contributed by atoms with Crippen LogP contribution in [0.25, 0.3) is 1.43 Å². The maximum atomic E-state index is 11.4. The van der Waals surface area contributed by atoms with Crippen LogP contribution in [0, 0.1) is 0 Å². The molecule has 1 aliphatic rings. The fourth-order valence-electron chi connectivity index (χ4n) is 2.70. The first-order valence-electron chi connectivity index (χ1n) is 7.24. The number of rotatable bonds is 5. The summed E-state index contributed by atoms with van der Waals surface area (Å²) in [6.45, 7) is 0.867. The Kier molecular flexibility index (Phi) is 4.25. The quantitative estimate of drug-likeness (QED) is 0.898. The molecule has 0 aromatic heterocycles. The highest BCUT2D eigenvalue weighted by molar-refractivity contribution is 5.69. The monoisotopic (exact) mass is 280 g/mol. The van der Waals surface area contributed by atoms with Gasteiger partial charge in [-0.1, -0.05) is 0 Å². The number of methoxy groups -OCH3 is 2. The molecule has 0 saturated carbocycles. The first-order chi connectivity index (χ1) is 10.2. The van der Waals surface area contributed by atoms with Gasteiger partial charge >= 0.3 is 5.97 Å². The predicted molar refractivity (Wildman–Crippen MR) is 76.8 cm³/mol. The normalized spacial score (nSPS) is 19.2. The molecule has 0 spiro atoms. The van der Waals surface area contributed by atoms with Gasteiger partial charge in [-0.05, 0) is 19.3 Å². The van der Waals surface area contributed by atoms with Gasteiger partial charge in [0.05, 0.1) is 20.6 Å². The third kappa shape index (κ3) is 3.35. The van der Waals surface area contributed by atoms with Crippen LogP contribution in [0.2, 0.25) is 0 Å². The Labute approximate surface area is 120 Å². The number of carboxylic acid groups (broad SMARTS) is 1. The molecule has 5 nitrogen and oxygen atoms in total. The highest BCUT2D eigenvalue weighted by Crippen LogP contribution is 2.33. The van der Waals surface area contributed by atoms with E-state index in [1.54, 1.807) is 14.2 Å². The van der Waals surface area contributed by atoms with Gasteiger partial charge in [-0.3, -0.25) is 4.79 Å². The first-order valence-corrected chi connectivity index (χ1v) is 6.83. The molecule has 5 heteroatoms. The maximum absolute atomic E-state index is 11.4. The number of ether oxygens (including phenoxy) is 2. The van der Waals surface area contributed by atoms with Gasteiger partial charge in [-0.25, -0.2) is 0 Å². The van der Waals surface area contributed by atoms with Crippen LogP contribution in [-0.4, -0.2) is 37.9 Å². The van der Waals surface area contributed by atoms with E-state index in [-0.39, 0.29) is 12.5 Å². The van der Waals surface area contributed by atoms with Gasteiger partial charge < -0.3 is 19.5 Å². The topological polar surface area (TPSA) is 59.0 Å². The molecule has 1 fully saturated rings. The Morgan fingerprint density at radius 2 is 2.05 bits per heavy atom. The second kappa shape index (κ2) is 6.50. The minimum Gasteiger partial charge on any atom is -0.497 e. The van der Waals surface area contributed by atoms with E-state index in [4.69, 9.17) is 10.9 Å². The highest BCUT2D eigenvalue weighted by Gasteiger charge is 2.25. The molecule has 110 valence electrons. The lowest BCUT2D eigenvalue weighted by molar-refractivity contribution is -0.137. The molecular weight excluding hydrogens is 258 g/mol. The lowest BCUT2D eigenvalue weighted by Gasteiger charge is -2.37. The summed E-state index contributed by atoms with van der Waals surface area (Å²) >= 11 is 0. The van der Waals surface area contributed by atoms with Gasteiger partial charge in [0.2, 0.25) is 0 Å². The van der Waals surface area contributed by atoms with Gasteiger partial charge in [-0.15, -0.1) is 0 Å². The highest BCUT2D eigenvalue weighted by atomic mass is 16.5. The second-order valence-electron chi connectivity index (χ2n) is 4.99. The third-order valence-corrected chi connectivity index (χ3v) is 3.70. The number of hydrogen-bond acceptors (Lipinski definition) is 5. The number of carbonyl (C=O) groups is 1. The molecule has 0 amide bonds. The van der Waals surface area contributed by atoms with Crippen LogP contribution in [0.4, 0.5) is 5.69 Å². The molecule has 1 unspecified atom stereocenters. The molecule has 0 bridgehead atoms. The van der Waals surface area contributed by atoms with Gasteiger partial charge in [0.15, 0.2) is 0 Å². The summed E-state index contributed by atoms with van der Waals surface area (Å²) in [6, 6.07) is 5.74. The van der Waals surface area contributed by atoms with Crippen molar-refractivity contribution < 1.29 is 19.4 Å². The number of piperidine rings is 1. The van der Waals surface area contributed by atoms with Crippen molar-refractivity contribution in [3.8, 4) is 11.5 Å². The van der Waals surface area contributed by atoms with Crippen LogP contribution in [0.3, 0.4) is 0 Å². The average Bonchev–Trinajstić information content (AvgIpc) is 2.54. The Bertz CT molecular complexity index is 472. The largest absolute Gasteiger partial charge is 0.497 e. The van der Waals surface area contributed by atoms with Crippen LogP contribution in [0.15, 0.2) is 18.2 Å². The zero-order chi connectivity index (χ0) is 15.2. The minimum atomic E-state index is -0.498. The van der Waals surface area contributed by atoms with Gasteiger partial charge in [0.25, 0.3) is 1.43 Å². The Morgan fingerprint density at radius 3 is 2.65 bits per heavy atom. The Balaban J connectivity index is 2.25.